The normalized spacial score (nSPS) is 11.7. The van der Waals surface area contributed by atoms with Crippen LogP contribution < -0.4 is 15.4 Å². The first kappa shape index (κ1) is 24.4. The molecule has 1 aromatic heterocycles. The highest BCUT2D eigenvalue weighted by atomic mass is 32.2. The van der Waals surface area contributed by atoms with Crippen molar-refractivity contribution < 1.29 is 18.7 Å². The minimum Gasteiger partial charge on any atom is -0.497 e. The van der Waals surface area contributed by atoms with Gasteiger partial charge in [-0.3, -0.25) is 0 Å². The van der Waals surface area contributed by atoms with Gasteiger partial charge in [-0.2, -0.15) is 0 Å². The maximum atomic E-state index is 13.7. The summed E-state index contributed by atoms with van der Waals surface area (Å²) in [7, 11) is 3.00. The Bertz CT molecular complexity index is 1080. The summed E-state index contributed by atoms with van der Waals surface area (Å²) in [5, 5.41) is 7.13. The van der Waals surface area contributed by atoms with E-state index in [0.717, 1.165) is 10.6 Å². The predicted octanol–water partition coefficient (Wildman–Crippen LogP) is 6.12. The van der Waals surface area contributed by atoms with E-state index in [1.807, 2.05) is 44.2 Å². The summed E-state index contributed by atoms with van der Waals surface area (Å²) in [4.78, 5) is 18.0. The van der Waals surface area contributed by atoms with Crippen molar-refractivity contribution in [2.75, 3.05) is 24.9 Å². The molecule has 2 N–H and O–H groups in total. The summed E-state index contributed by atoms with van der Waals surface area (Å²) < 4.78 is 23.9. The molecule has 0 spiro atoms. The molecule has 0 aliphatic heterocycles. The van der Waals surface area contributed by atoms with Crippen LogP contribution >= 0.6 is 11.8 Å². The standard InChI is InChI=1S/C25H28FN3O3S/c1-16(2)12-22(25(30)32-4)27-19-14-23(28-18-7-5-6-17(26)13-18)29-24(15-19)33-21-10-8-20(31-3)9-11-21/h5-11,13-16,22H,12H2,1-4H3,(H2,27,28,29)/t22-/m0/s1. The second-order valence-electron chi connectivity index (χ2n) is 7.84. The first-order chi connectivity index (χ1) is 15.9. The van der Waals surface area contributed by atoms with Crippen LogP contribution in [0.5, 0.6) is 5.75 Å². The number of carbonyl (C=O) groups is 1. The van der Waals surface area contributed by atoms with E-state index in [4.69, 9.17) is 9.47 Å². The van der Waals surface area contributed by atoms with Gasteiger partial charge in [0.05, 0.1) is 14.2 Å². The van der Waals surface area contributed by atoms with E-state index in [2.05, 4.69) is 15.6 Å². The molecule has 3 aromatic rings. The van der Waals surface area contributed by atoms with E-state index in [1.54, 1.807) is 25.3 Å². The number of nitrogens with zero attached hydrogens (tertiary/aromatic N) is 1. The third kappa shape index (κ3) is 7.39. The molecule has 8 heteroatoms. The van der Waals surface area contributed by atoms with Gasteiger partial charge in [0.25, 0.3) is 0 Å². The Morgan fingerprint density at radius 1 is 1.06 bits per heavy atom. The number of hydrogen-bond donors (Lipinski definition) is 2. The van der Waals surface area contributed by atoms with Crippen LogP contribution in [0.2, 0.25) is 0 Å². The van der Waals surface area contributed by atoms with Gasteiger partial charge >= 0.3 is 5.97 Å². The van der Waals surface area contributed by atoms with Gasteiger partial charge in [0, 0.05) is 22.3 Å². The molecule has 33 heavy (non-hydrogen) atoms. The quantitative estimate of drug-likeness (QED) is 0.346. The van der Waals surface area contributed by atoms with E-state index < -0.39 is 6.04 Å². The Labute approximate surface area is 197 Å². The fourth-order valence-electron chi connectivity index (χ4n) is 3.21. The average molecular weight is 470 g/mol. The van der Waals surface area contributed by atoms with Gasteiger partial charge in [-0.05, 0) is 60.9 Å². The largest absolute Gasteiger partial charge is 0.497 e. The topological polar surface area (TPSA) is 72.5 Å². The molecule has 0 unspecified atom stereocenters. The van der Waals surface area contributed by atoms with Gasteiger partial charge in [-0.1, -0.05) is 31.7 Å². The molecule has 174 valence electrons. The second kappa shape index (κ2) is 11.6. The number of anilines is 3. The molecule has 0 radical (unpaired) electrons. The van der Waals surface area contributed by atoms with Crippen molar-refractivity contribution in [3.05, 3.63) is 66.5 Å². The van der Waals surface area contributed by atoms with Gasteiger partial charge in [0.15, 0.2) is 0 Å². The molecule has 1 atom stereocenters. The summed E-state index contributed by atoms with van der Waals surface area (Å²) in [6, 6.07) is 17.0. The lowest BCUT2D eigenvalue weighted by atomic mass is 10.0. The zero-order chi connectivity index (χ0) is 23.8. The van der Waals surface area contributed by atoms with E-state index in [-0.39, 0.29) is 11.8 Å². The van der Waals surface area contributed by atoms with Crippen LogP contribution in [0.3, 0.4) is 0 Å². The number of methoxy groups -OCH3 is 2. The summed E-state index contributed by atoms with van der Waals surface area (Å²) in [5.41, 5.74) is 1.28. The molecule has 6 nitrogen and oxygen atoms in total. The SMILES string of the molecule is COC(=O)[C@H](CC(C)C)Nc1cc(Nc2cccc(F)c2)nc(Sc2ccc(OC)cc2)c1. The first-order valence-corrected chi connectivity index (χ1v) is 11.4. The first-order valence-electron chi connectivity index (χ1n) is 10.6. The van der Waals surface area contributed by atoms with Gasteiger partial charge < -0.3 is 20.1 Å². The molecular formula is C25H28FN3O3S. The number of esters is 1. The van der Waals surface area contributed by atoms with Crippen molar-refractivity contribution in [1.82, 2.24) is 4.98 Å². The van der Waals surface area contributed by atoms with Crippen LogP contribution in [0.25, 0.3) is 0 Å². The summed E-state index contributed by atoms with van der Waals surface area (Å²) in [5.74, 6) is 0.913. The zero-order valence-corrected chi connectivity index (χ0v) is 19.9. The zero-order valence-electron chi connectivity index (χ0n) is 19.1. The molecule has 0 saturated heterocycles. The van der Waals surface area contributed by atoms with Crippen LogP contribution in [0, 0.1) is 11.7 Å². The number of benzene rings is 2. The number of hydrogen-bond acceptors (Lipinski definition) is 7. The Morgan fingerprint density at radius 2 is 1.82 bits per heavy atom. The fourth-order valence-corrected chi connectivity index (χ4v) is 4.06. The number of halogens is 1. The smallest absolute Gasteiger partial charge is 0.328 e. The average Bonchev–Trinajstić information content (AvgIpc) is 2.78. The number of nitrogens with one attached hydrogen (secondary N) is 2. The molecule has 3 rings (SSSR count). The fraction of sp³-hybridized carbons (Fsp3) is 0.280. The molecule has 0 amide bonds. The van der Waals surface area contributed by atoms with Gasteiger partial charge in [0.1, 0.15) is 28.5 Å². The molecule has 0 aliphatic carbocycles. The van der Waals surface area contributed by atoms with Gasteiger partial charge in [-0.25, -0.2) is 14.2 Å². The Kier molecular flexibility index (Phi) is 8.54. The maximum Gasteiger partial charge on any atom is 0.328 e. The van der Waals surface area contributed by atoms with E-state index in [1.165, 1.54) is 31.0 Å². The van der Waals surface area contributed by atoms with Crippen LogP contribution in [-0.2, 0) is 9.53 Å². The van der Waals surface area contributed by atoms with Crippen molar-refractivity contribution in [3.8, 4) is 5.75 Å². The second-order valence-corrected chi connectivity index (χ2v) is 8.94. The van der Waals surface area contributed by atoms with Crippen LogP contribution in [0.4, 0.5) is 21.6 Å². The van der Waals surface area contributed by atoms with Crippen LogP contribution in [0.15, 0.2) is 70.6 Å². The molecule has 2 aromatic carbocycles. The number of carbonyl (C=O) groups excluding carboxylic acids is 1. The molecule has 0 fully saturated rings. The van der Waals surface area contributed by atoms with Crippen molar-refractivity contribution in [2.24, 2.45) is 5.92 Å². The van der Waals surface area contributed by atoms with Crippen molar-refractivity contribution in [3.63, 3.8) is 0 Å². The molecule has 0 aliphatic rings. The third-order valence-corrected chi connectivity index (χ3v) is 5.64. The number of pyridine rings is 1. The highest BCUT2D eigenvalue weighted by molar-refractivity contribution is 7.99. The molecule has 0 saturated carbocycles. The minimum atomic E-state index is -0.502. The Hall–Kier alpha value is -3.26. The lowest BCUT2D eigenvalue weighted by Gasteiger charge is -2.20. The molecule has 0 bridgehead atoms. The van der Waals surface area contributed by atoms with E-state index in [9.17, 15) is 9.18 Å². The van der Waals surface area contributed by atoms with Crippen molar-refractivity contribution >= 4 is 34.9 Å². The Balaban J connectivity index is 1.92. The van der Waals surface area contributed by atoms with Crippen LogP contribution in [-0.4, -0.2) is 31.2 Å². The number of ether oxygens (including phenoxy) is 2. The number of rotatable bonds is 10. The third-order valence-electron chi connectivity index (χ3n) is 4.71. The van der Waals surface area contributed by atoms with E-state index in [0.29, 0.717) is 34.6 Å². The monoisotopic (exact) mass is 469 g/mol. The lowest BCUT2D eigenvalue weighted by molar-refractivity contribution is -0.141. The van der Waals surface area contributed by atoms with Gasteiger partial charge in [-0.15, -0.1) is 0 Å². The minimum absolute atomic E-state index is 0.293. The van der Waals surface area contributed by atoms with E-state index >= 15 is 0 Å². The summed E-state index contributed by atoms with van der Waals surface area (Å²) >= 11 is 1.47. The van der Waals surface area contributed by atoms with Crippen LogP contribution in [0.1, 0.15) is 20.3 Å². The highest BCUT2D eigenvalue weighted by Crippen LogP contribution is 2.32. The summed E-state index contributed by atoms with van der Waals surface area (Å²) in [6.07, 6.45) is 0.614. The Morgan fingerprint density at radius 3 is 2.45 bits per heavy atom. The molecule has 1 heterocycles. The molecular weight excluding hydrogens is 441 g/mol. The summed E-state index contributed by atoms with van der Waals surface area (Å²) in [6.45, 7) is 4.10. The maximum absolute atomic E-state index is 13.7. The highest BCUT2D eigenvalue weighted by Gasteiger charge is 2.21. The van der Waals surface area contributed by atoms with Gasteiger partial charge in [0.2, 0.25) is 0 Å². The van der Waals surface area contributed by atoms with Crippen molar-refractivity contribution in [1.29, 1.82) is 0 Å². The lowest BCUT2D eigenvalue weighted by Crippen LogP contribution is -2.32. The number of aromatic nitrogens is 1. The predicted molar refractivity (Wildman–Crippen MR) is 130 cm³/mol. The van der Waals surface area contributed by atoms with Crippen molar-refractivity contribution in [2.45, 2.75) is 36.2 Å².